The first kappa shape index (κ1) is 28.1. The largest absolute Gasteiger partial charge is 0.481 e. The number of nitrogens with zero attached hydrogens (tertiary/aromatic N) is 2. The molecule has 1 saturated heterocycles. The van der Waals surface area contributed by atoms with Gasteiger partial charge in [0, 0.05) is 13.1 Å². The fourth-order valence-corrected chi connectivity index (χ4v) is 3.63. The lowest BCUT2D eigenvalue weighted by atomic mass is 10.1. The normalized spacial score (nSPS) is 15.7. The number of carbonyl (C=O) groups is 5. The zero-order valence-electron chi connectivity index (χ0n) is 19.9. The molecule has 2 unspecified atom stereocenters. The highest BCUT2D eigenvalue weighted by molar-refractivity contribution is 6.06. The Morgan fingerprint density at radius 1 is 1.11 bits per heavy atom. The molecule has 36 heavy (non-hydrogen) atoms. The van der Waals surface area contributed by atoms with E-state index in [1.54, 1.807) is 0 Å². The van der Waals surface area contributed by atoms with Gasteiger partial charge in [-0.2, -0.15) is 0 Å². The molecule has 1 fully saturated rings. The van der Waals surface area contributed by atoms with E-state index in [2.05, 4.69) is 20.9 Å². The minimum absolute atomic E-state index is 0.0813. The Labute approximate surface area is 208 Å². The molecule has 0 aromatic heterocycles. The fourth-order valence-electron chi connectivity index (χ4n) is 3.63. The van der Waals surface area contributed by atoms with Crippen molar-refractivity contribution < 1.29 is 29.1 Å². The van der Waals surface area contributed by atoms with Crippen molar-refractivity contribution in [3.8, 4) is 0 Å². The van der Waals surface area contributed by atoms with Gasteiger partial charge in [0.2, 0.25) is 11.8 Å². The molecule has 2 rings (SSSR count). The van der Waals surface area contributed by atoms with Gasteiger partial charge in [-0.1, -0.05) is 30.3 Å². The Bertz CT molecular complexity index is 965. The van der Waals surface area contributed by atoms with Crippen molar-refractivity contribution in [2.24, 2.45) is 16.5 Å². The van der Waals surface area contributed by atoms with Gasteiger partial charge < -0.3 is 32.5 Å². The first-order chi connectivity index (χ1) is 17.2. The van der Waals surface area contributed by atoms with E-state index in [1.807, 2.05) is 30.3 Å². The monoisotopic (exact) mass is 503 g/mol. The van der Waals surface area contributed by atoms with E-state index >= 15 is 0 Å². The molecule has 1 aliphatic rings. The van der Waals surface area contributed by atoms with Gasteiger partial charge in [0.1, 0.15) is 18.6 Å². The second kappa shape index (κ2) is 14.3. The van der Waals surface area contributed by atoms with Crippen molar-refractivity contribution >= 4 is 35.7 Å². The summed E-state index contributed by atoms with van der Waals surface area (Å²) in [6.07, 6.45) is 2.39. The Morgan fingerprint density at radius 2 is 1.83 bits per heavy atom. The first-order valence-electron chi connectivity index (χ1n) is 11.7. The van der Waals surface area contributed by atoms with E-state index in [4.69, 9.17) is 16.6 Å². The number of carbonyl (C=O) groups excluding carboxylic acids is 4. The molecule has 13 heteroatoms. The average Bonchev–Trinajstić information content (AvgIpc) is 3.08. The third-order valence-electron chi connectivity index (χ3n) is 5.42. The number of imide groups is 1. The zero-order valence-corrected chi connectivity index (χ0v) is 19.9. The molecule has 2 atom stereocenters. The molecule has 0 bridgehead atoms. The number of aliphatic carboxylic acids is 1. The zero-order chi connectivity index (χ0) is 26.5. The lowest BCUT2D eigenvalue weighted by Gasteiger charge is -2.19. The van der Waals surface area contributed by atoms with Crippen LogP contribution in [0.15, 0.2) is 35.3 Å². The third kappa shape index (κ3) is 9.60. The number of carboxylic acid groups (broad SMARTS) is 1. The molecular weight excluding hydrogens is 470 g/mol. The Hall–Kier alpha value is -4.16. The van der Waals surface area contributed by atoms with Crippen molar-refractivity contribution in [3.05, 3.63) is 35.9 Å². The van der Waals surface area contributed by atoms with Crippen LogP contribution in [0, 0.1) is 0 Å². The Kier molecular flexibility index (Phi) is 11.1. The van der Waals surface area contributed by atoms with Crippen LogP contribution < -0.4 is 27.4 Å². The second-order valence-corrected chi connectivity index (χ2v) is 8.33. The average molecular weight is 504 g/mol. The number of nitrogens with one attached hydrogen (secondary N) is 3. The highest BCUT2D eigenvalue weighted by atomic mass is 16.4. The second-order valence-electron chi connectivity index (χ2n) is 8.33. The molecule has 0 aliphatic carbocycles. The predicted octanol–water partition coefficient (Wildman–Crippen LogP) is -0.941. The molecule has 13 nitrogen and oxygen atoms in total. The van der Waals surface area contributed by atoms with E-state index in [1.165, 1.54) is 5.56 Å². The van der Waals surface area contributed by atoms with Gasteiger partial charge >= 0.3 is 12.0 Å². The van der Waals surface area contributed by atoms with Crippen molar-refractivity contribution in [2.45, 2.75) is 50.6 Å². The first-order valence-corrected chi connectivity index (χ1v) is 11.7. The maximum Gasteiger partial charge on any atom is 0.325 e. The fraction of sp³-hybridized carbons (Fsp3) is 0.478. The number of benzene rings is 1. The van der Waals surface area contributed by atoms with Crippen LogP contribution in [0.5, 0.6) is 0 Å². The van der Waals surface area contributed by atoms with Crippen LogP contribution in [0.3, 0.4) is 0 Å². The lowest BCUT2D eigenvalue weighted by Crippen LogP contribution is -2.51. The van der Waals surface area contributed by atoms with Gasteiger partial charge in [-0.15, -0.1) is 0 Å². The highest BCUT2D eigenvalue weighted by Crippen LogP contribution is 2.11. The van der Waals surface area contributed by atoms with E-state index < -0.39 is 54.8 Å². The van der Waals surface area contributed by atoms with Crippen molar-refractivity contribution in [3.63, 3.8) is 0 Å². The van der Waals surface area contributed by atoms with Crippen LogP contribution in [-0.2, 0) is 25.6 Å². The summed E-state index contributed by atoms with van der Waals surface area (Å²) < 4.78 is 0. The molecule has 0 spiro atoms. The third-order valence-corrected chi connectivity index (χ3v) is 5.42. The molecular formula is C23H33N7O6. The molecule has 0 radical (unpaired) electrons. The van der Waals surface area contributed by atoms with Gasteiger partial charge in [0.05, 0.1) is 6.42 Å². The van der Waals surface area contributed by atoms with Gasteiger partial charge in [0.15, 0.2) is 5.96 Å². The SMILES string of the molecule is NC(N)=NCCCC1NC(=O)N(CC(=O)NC(CC(=O)O)C(=O)NCCCCc2ccccc2)C1=O. The summed E-state index contributed by atoms with van der Waals surface area (Å²) in [6, 6.07) is 6.93. The van der Waals surface area contributed by atoms with Gasteiger partial charge in [-0.25, -0.2) is 4.79 Å². The summed E-state index contributed by atoms with van der Waals surface area (Å²) in [5.41, 5.74) is 11.7. The number of nitrogens with two attached hydrogens (primary N) is 2. The van der Waals surface area contributed by atoms with E-state index in [0.29, 0.717) is 19.4 Å². The van der Waals surface area contributed by atoms with Crippen LogP contribution in [0.25, 0.3) is 0 Å². The number of amides is 5. The number of aliphatic imine (C=N–C) groups is 1. The number of rotatable bonds is 15. The van der Waals surface area contributed by atoms with Crippen LogP contribution in [0.1, 0.15) is 37.7 Å². The summed E-state index contributed by atoms with van der Waals surface area (Å²) >= 11 is 0. The van der Waals surface area contributed by atoms with E-state index in [9.17, 15) is 24.0 Å². The molecule has 1 aromatic rings. The van der Waals surface area contributed by atoms with Crippen molar-refractivity contribution in [1.82, 2.24) is 20.9 Å². The van der Waals surface area contributed by atoms with Crippen molar-refractivity contribution in [1.29, 1.82) is 0 Å². The van der Waals surface area contributed by atoms with Gasteiger partial charge in [-0.05, 0) is 37.7 Å². The molecule has 8 N–H and O–H groups in total. The highest BCUT2D eigenvalue weighted by Gasteiger charge is 2.39. The number of hydrogen-bond acceptors (Lipinski definition) is 6. The molecule has 1 heterocycles. The Morgan fingerprint density at radius 3 is 2.50 bits per heavy atom. The number of carboxylic acids is 1. The van der Waals surface area contributed by atoms with Crippen LogP contribution in [0.2, 0.25) is 0 Å². The number of hydrogen-bond donors (Lipinski definition) is 6. The summed E-state index contributed by atoms with van der Waals surface area (Å²) in [5.74, 6) is -3.44. The number of unbranched alkanes of at least 4 members (excludes halogenated alkanes) is 1. The quantitative estimate of drug-likeness (QED) is 0.0759. The molecule has 5 amide bonds. The summed E-state index contributed by atoms with van der Waals surface area (Å²) in [5, 5.41) is 16.6. The Balaban J connectivity index is 1.80. The van der Waals surface area contributed by atoms with Gasteiger partial charge in [-0.3, -0.25) is 29.1 Å². The van der Waals surface area contributed by atoms with E-state index in [-0.39, 0.29) is 18.9 Å². The minimum Gasteiger partial charge on any atom is -0.481 e. The predicted molar refractivity (Wildman–Crippen MR) is 131 cm³/mol. The summed E-state index contributed by atoms with van der Waals surface area (Å²) in [7, 11) is 0. The van der Waals surface area contributed by atoms with E-state index in [0.717, 1.165) is 17.7 Å². The molecule has 1 aliphatic heterocycles. The smallest absolute Gasteiger partial charge is 0.325 e. The maximum atomic E-state index is 12.5. The summed E-state index contributed by atoms with van der Waals surface area (Å²) in [6.45, 7) is -0.0531. The minimum atomic E-state index is -1.35. The number of aryl methyl sites for hydroxylation is 1. The number of urea groups is 1. The van der Waals surface area contributed by atoms with Crippen molar-refractivity contribution in [2.75, 3.05) is 19.6 Å². The lowest BCUT2D eigenvalue weighted by molar-refractivity contribution is -0.141. The summed E-state index contributed by atoms with van der Waals surface area (Å²) in [4.78, 5) is 65.3. The number of guanidine groups is 1. The molecule has 196 valence electrons. The van der Waals surface area contributed by atoms with Crippen LogP contribution in [-0.4, -0.2) is 77.4 Å². The topological polar surface area (TPSA) is 209 Å². The standard InChI is InChI=1S/C23H33N7O6/c24-22(25)27-12-6-10-16-21(35)30(23(36)29-16)14-18(31)28-17(13-19(32)33)20(34)26-11-5-4-9-15-7-2-1-3-8-15/h1-3,7-8,16-17H,4-6,9-14H2,(H,26,34)(H,28,31)(H,29,36)(H,32,33)(H4,24,25,27). The molecule has 0 saturated carbocycles. The maximum absolute atomic E-state index is 12.5. The van der Waals surface area contributed by atoms with Crippen LogP contribution in [0.4, 0.5) is 4.79 Å². The van der Waals surface area contributed by atoms with Crippen LogP contribution >= 0.6 is 0 Å². The molecule has 1 aromatic carbocycles. The van der Waals surface area contributed by atoms with Gasteiger partial charge in [0.25, 0.3) is 5.91 Å².